The molecule has 0 amide bonds. The molecule has 6 nitrogen and oxygen atoms in total. The van der Waals surface area contributed by atoms with Crippen molar-refractivity contribution in [1.29, 1.82) is 0 Å². The molecule has 0 saturated carbocycles. The smallest absolute Gasteiger partial charge is 0.358 e. The maximum Gasteiger partial charge on any atom is 0.358 e. The lowest BCUT2D eigenvalue weighted by molar-refractivity contribution is 0.0588. The van der Waals surface area contributed by atoms with Crippen molar-refractivity contribution >= 4 is 16.1 Å². The average molecular weight is 231 g/mol. The van der Waals surface area contributed by atoms with Crippen LogP contribution >= 0.6 is 0 Å². The molecule has 0 spiro atoms. The van der Waals surface area contributed by atoms with E-state index in [1.54, 1.807) is 6.92 Å². The molecule has 0 aliphatic carbocycles. The number of carbonyl (C=O) groups excluding carboxylic acids is 1. The summed E-state index contributed by atoms with van der Waals surface area (Å²) in [5.41, 5.74) is 0.0841. The zero-order chi connectivity index (χ0) is 11.6. The van der Waals surface area contributed by atoms with Gasteiger partial charge in [0.15, 0.2) is 5.69 Å². The average Bonchev–Trinajstić information content (AvgIpc) is 2.15. The molecule has 82 valence electrons. The van der Waals surface area contributed by atoms with Crippen LogP contribution in [0.3, 0.4) is 0 Å². The van der Waals surface area contributed by atoms with E-state index < -0.39 is 26.7 Å². The summed E-state index contributed by atoms with van der Waals surface area (Å²) >= 11 is 0. The lowest BCUT2D eigenvalue weighted by Gasteiger charge is -2.04. The van der Waals surface area contributed by atoms with E-state index in [0.717, 1.165) is 13.2 Å². The van der Waals surface area contributed by atoms with Gasteiger partial charge >= 0.3 is 5.97 Å². The van der Waals surface area contributed by atoms with Crippen LogP contribution in [0.5, 0.6) is 0 Å². The van der Waals surface area contributed by atoms with Crippen molar-refractivity contribution in [3.8, 4) is 0 Å². The van der Waals surface area contributed by atoms with E-state index in [1.807, 2.05) is 0 Å². The van der Waals surface area contributed by atoms with Crippen LogP contribution in [-0.2, 0) is 14.9 Å². The molecule has 1 heterocycles. The van der Waals surface area contributed by atoms with Crippen molar-refractivity contribution in [1.82, 2.24) is 4.98 Å². The molecule has 0 unspecified atom stereocenters. The first-order chi connectivity index (χ1) is 6.86. The van der Waals surface area contributed by atoms with Crippen molar-refractivity contribution in [3.05, 3.63) is 23.5 Å². The number of hydrogen-bond acceptors (Lipinski definition) is 5. The molecule has 0 aliphatic heterocycles. The first-order valence-corrected chi connectivity index (χ1v) is 5.32. The van der Waals surface area contributed by atoms with E-state index >= 15 is 0 Å². The largest absolute Gasteiger partial charge is 0.464 e. The first kappa shape index (κ1) is 11.6. The fourth-order valence-electron chi connectivity index (χ4n) is 0.989. The number of esters is 1. The number of methoxy groups -OCH3 is 1. The van der Waals surface area contributed by atoms with E-state index in [2.05, 4.69) is 9.72 Å². The van der Waals surface area contributed by atoms with Crippen molar-refractivity contribution in [3.63, 3.8) is 0 Å². The van der Waals surface area contributed by atoms with Crippen molar-refractivity contribution < 1.29 is 22.5 Å². The van der Waals surface area contributed by atoms with E-state index in [4.69, 9.17) is 4.55 Å². The highest BCUT2D eigenvalue weighted by Gasteiger charge is 2.22. The Morgan fingerprint density at radius 2 is 2.13 bits per heavy atom. The Hall–Kier alpha value is -1.47. The van der Waals surface area contributed by atoms with Crippen molar-refractivity contribution in [2.24, 2.45) is 0 Å². The molecular weight excluding hydrogens is 222 g/mol. The molecule has 0 aliphatic rings. The summed E-state index contributed by atoms with van der Waals surface area (Å²) in [6.45, 7) is 1.59. The number of aryl methyl sites for hydroxylation is 1. The van der Waals surface area contributed by atoms with Gasteiger partial charge < -0.3 is 4.74 Å². The second kappa shape index (κ2) is 3.95. The number of aromatic nitrogens is 1. The van der Waals surface area contributed by atoms with E-state index in [-0.39, 0.29) is 0 Å². The van der Waals surface area contributed by atoms with Crippen LogP contribution in [0.25, 0.3) is 0 Å². The summed E-state index contributed by atoms with van der Waals surface area (Å²) in [5.74, 6) is -0.914. The van der Waals surface area contributed by atoms with Gasteiger partial charge in [0.2, 0.25) is 0 Å². The SMILES string of the molecule is COC(=O)c1ncc(C)cc1S(=O)(=O)O. The standard InChI is InChI=1S/C8H9NO5S/c1-5-3-6(15(11,12)13)7(9-4-5)8(10)14-2/h3-4H,1-2H3,(H,11,12,13). The van der Waals surface area contributed by atoms with Crippen LogP contribution in [0.15, 0.2) is 17.2 Å². The molecule has 1 N–H and O–H groups in total. The third-order valence-electron chi connectivity index (χ3n) is 1.65. The minimum Gasteiger partial charge on any atom is -0.464 e. The quantitative estimate of drug-likeness (QED) is 0.585. The van der Waals surface area contributed by atoms with Crippen LogP contribution in [0, 0.1) is 6.92 Å². The lowest BCUT2D eigenvalue weighted by Crippen LogP contribution is -2.12. The normalized spacial score (nSPS) is 11.1. The number of nitrogens with zero attached hydrogens (tertiary/aromatic N) is 1. The first-order valence-electron chi connectivity index (χ1n) is 3.88. The highest BCUT2D eigenvalue weighted by molar-refractivity contribution is 7.86. The maximum absolute atomic E-state index is 11.1. The fraction of sp³-hybridized carbons (Fsp3) is 0.250. The van der Waals surface area contributed by atoms with Crippen LogP contribution in [0.2, 0.25) is 0 Å². The molecule has 1 rings (SSSR count). The van der Waals surface area contributed by atoms with Gasteiger partial charge in [0.05, 0.1) is 7.11 Å². The minimum absolute atomic E-state index is 0.425. The van der Waals surface area contributed by atoms with Crippen LogP contribution in [0.1, 0.15) is 16.1 Å². The summed E-state index contributed by atoms with van der Waals surface area (Å²) in [5, 5.41) is 0. The second-order valence-electron chi connectivity index (χ2n) is 2.83. The van der Waals surface area contributed by atoms with Gasteiger partial charge in [0.25, 0.3) is 10.1 Å². The topological polar surface area (TPSA) is 93.6 Å². The Kier molecular flexibility index (Phi) is 3.06. The second-order valence-corrected chi connectivity index (χ2v) is 4.22. The Morgan fingerprint density at radius 1 is 1.53 bits per heavy atom. The number of carbonyl (C=O) groups is 1. The summed E-state index contributed by atoms with van der Waals surface area (Å²) in [4.78, 5) is 14.2. The van der Waals surface area contributed by atoms with Gasteiger partial charge in [0, 0.05) is 6.20 Å². The number of ether oxygens (including phenoxy) is 1. The van der Waals surface area contributed by atoms with Crippen LogP contribution in [0.4, 0.5) is 0 Å². The van der Waals surface area contributed by atoms with Gasteiger partial charge in [-0.05, 0) is 18.6 Å². The third-order valence-corrected chi connectivity index (χ3v) is 2.51. The Balaban J connectivity index is 3.47. The summed E-state index contributed by atoms with van der Waals surface area (Å²) in [7, 11) is -3.38. The Bertz CT molecular complexity index is 494. The molecule has 0 saturated heterocycles. The summed E-state index contributed by atoms with van der Waals surface area (Å²) in [6.07, 6.45) is 1.31. The van der Waals surface area contributed by atoms with E-state index in [0.29, 0.717) is 5.56 Å². The van der Waals surface area contributed by atoms with Gasteiger partial charge in [0.1, 0.15) is 4.90 Å². The Morgan fingerprint density at radius 3 is 2.60 bits per heavy atom. The van der Waals surface area contributed by atoms with Crippen LogP contribution < -0.4 is 0 Å². The molecular formula is C8H9NO5S. The van der Waals surface area contributed by atoms with E-state index in [9.17, 15) is 13.2 Å². The van der Waals surface area contributed by atoms with Gasteiger partial charge in [-0.1, -0.05) is 0 Å². The monoisotopic (exact) mass is 231 g/mol. The van der Waals surface area contributed by atoms with Gasteiger partial charge in [-0.3, -0.25) is 4.55 Å². The number of hydrogen-bond donors (Lipinski definition) is 1. The molecule has 0 bridgehead atoms. The maximum atomic E-state index is 11.1. The van der Waals surface area contributed by atoms with Gasteiger partial charge in [-0.25, -0.2) is 9.78 Å². The molecule has 1 aromatic rings. The fourth-order valence-corrected chi connectivity index (χ4v) is 1.70. The van der Waals surface area contributed by atoms with E-state index in [1.165, 1.54) is 6.20 Å². The molecule has 7 heteroatoms. The third kappa shape index (κ3) is 2.51. The van der Waals surface area contributed by atoms with Crippen LogP contribution in [-0.4, -0.2) is 31.0 Å². The highest BCUT2D eigenvalue weighted by atomic mass is 32.2. The number of pyridine rings is 1. The zero-order valence-corrected chi connectivity index (χ0v) is 8.91. The molecule has 0 atom stereocenters. The van der Waals surface area contributed by atoms with Gasteiger partial charge in [-0.15, -0.1) is 0 Å². The van der Waals surface area contributed by atoms with Gasteiger partial charge in [-0.2, -0.15) is 8.42 Å². The van der Waals surface area contributed by atoms with Crippen molar-refractivity contribution in [2.45, 2.75) is 11.8 Å². The lowest BCUT2D eigenvalue weighted by atomic mass is 10.3. The molecule has 15 heavy (non-hydrogen) atoms. The number of rotatable bonds is 2. The summed E-state index contributed by atoms with van der Waals surface area (Å²) in [6, 6.07) is 1.15. The zero-order valence-electron chi connectivity index (χ0n) is 8.09. The minimum atomic E-state index is -4.47. The molecule has 0 aromatic carbocycles. The highest BCUT2D eigenvalue weighted by Crippen LogP contribution is 2.15. The molecule has 0 fully saturated rings. The predicted octanol–water partition coefficient (Wildman–Crippen LogP) is 0.423. The molecule has 0 radical (unpaired) electrons. The Labute approximate surface area is 86.6 Å². The molecule has 1 aromatic heterocycles. The predicted molar refractivity (Wildman–Crippen MR) is 50.1 cm³/mol. The summed E-state index contributed by atoms with van der Waals surface area (Å²) < 4.78 is 35.1. The van der Waals surface area contributed by atoms with Crippen molar-refractivity contribution in [2.75, 3.05) is 7.11 Å².